The van der Waals surface area contributed by atoms with Gasteiger partial charge in [0.1, 0.15) is 6.04 Å². The van der Waals surface area contributed by atoms with Crippen LogP contribution in [0.3, 0.4) is 0 Å². The van der Waals surface area contributed by atoms with Crippen molar-refractivity contribution in [2.75, 3.05) is 30.3 Å². The van der Waals surface area contributed by atoms with E-state index in [-0.39, 0.29) is 11.9 Å². The molecule has 2 unspecified atom stereocenters. The molecule has 0 radical (unpaired) electrons. The molecular weight excluding hydrogens is 250 g/mol. The van der Waals surface area contributed by atoms with Crippen LogP contribution in [0.15, 0.2) is 24.3 Å². The molecule has 0 spiro atoms. The van der Waals surface area contributed by atoms with Crippen molar-refractivity contribution >= 4 is 17.3 Å². The molecule has 0 fully saturated rings. The van der Waals surface area contributed by atoms with Crippen molar-refractivity contribution in [1.29, 1.82) is 0 Å². The zero-order chi connectivity index (χ0) is 14.5. The summed E-state index contributed by atoms with van der Waals surface area (Å²) in [6.45, 7) is 8.66. The highest BCUT2D eigenvalue weighted by molar-refractivity contribution is 5.88. The molecule has 1 aromatic rings. The fraction of sp³-hybridized carbons (Fsp3) is 0.562. The quantitative estimate of drug-likeness (QED) is 0.868. The van der Waals surface area contributed by atoms with Crippen LogP contribution >= 0.6 is 0 Å². The smallest absolute Gasteiger partial charge is 0.246 e. The predicted molar refractivity (Wildman–Crippen MR) is 84.1 cm³/mol. The zero-order valence-corrected chi connectivity index (χ0v) is 12.6. The Morgan fingerprint density at radius 3 is 2.70 bits per heavy atom. The van der Waals surface area contributed by atoms with E-state index >= 15 is 0 Å². The van der Waals surface area contributed by atoms with Crippen LogP contribution in [-0.2, 0) is 4.79 Å². The maximum Gasteiger partial charge on any atom is 0.246 e. The number of rotatable bonds is 5. The lowest BCUT2D eigenvalue weighted by molar-refractivity contribution is -0.132. The van der Waals surface area contributed by atoms with Crippen LogP contribution in [0.5, 0.6) is 0 Å². The van der Waals surface area contributed by atoms with Crippen molar-refractivity contribution in [2.24, 2.45) is 5.92 Å². The summed E-state index contributed by atoms with van der Waals surface area (Å²) in [5.41, 5.74) is 2.08. The monoisotopic (exact) mass is 275 g/mol. The topological polar surface area (TPSA) is 44.4 Å². The van der Waals surface area contributed by atoms with Gasteiger partial charge in [-0.25, -0.2) is 0 Å². The first-order chi connectivity index (χ1) is 9.65. The van der Waals surface area contributed by atoms with E-state index in [2.05, 4.69) is 24.5 Å². The summed E-state index contributed by atoms with van der Waals surface area (Å²) in [7, 11) is 0. The SMILES string of the molecule is CCC(C)CN(CC)C(=O)C1CNc2ccccc2N1. The molecule has 0 saturated heterocycles. The van der Waals surface area contributed by atoms with E-state index < -0.39 is 0 Å². The Balaban J connectivity index is 2.03. The molecule has 4 heteroatoms. The lowest BCUT2D eigenvalue weighted by Gasteiger charge is -2.32. The largest absolute Gasteiger partial charge is 0.381 e. The van der Waals surface area contributed by atoms with Crippen molar-refractivity contribution in [3.8, 4) is 0 Å². The van der Waals surface area contributed by atoms with Crippen LogP contribution in [0, 0.1) is 5.92 Å². The van der Waals surface area contributed by atoms with E-state index in [1.807, 2.05) is 36.1 Å². The average molecular weight is 275 g/mol. The summed E-state index contributed by atoms with van der Waals surface area (Å²) in [5.74, 6) is 0.734. The van der Waals surface area contributed by atoms with Crippen LogP contribution < -0.4 is 10.6 Å². The first-order valence-electron chi connectivity index (χ1n) is 7.53. The van der Waals surface area contributed by atoms with E-state index in [4.69, 9.17) is 0 Å². The fourth-order valence-electron chi connectivity index (χ4n) is 2.46. The van der Waals surface area contributed by atoms with Gasteiger partial charge in [-0.1, -0.05) is 32.4 Å². The molecule has 2 N–H and O–H groups in total. The second kappa shape index (κ2) is 6.64. The summed E-state index contributed by atoms with van der Waals surface area (Å²) in [6.07, 6.45) is 1.10. The number of para-hydroxylation sites is 2. The molecule has 1 aromatic carbocycles. The van der Waals surface area contributed by atoms with Gasteiger partial charge in [-0.2, -0.15) is 0 Å². The molecule has 1 amide bonds. The summed E-state index contributed by atoms with van der Waals surface area (Å²) >= 11 is 0. The highest BCUT2D eigenvalue weighted by atomic mass is 16.2. The Hall–Kier alpha value is -1.71. The number of fused-ring (bicyclic) bond motifs is 1. The Morgan fingerprint density at radius 1 is 1.35 bits per heavy atom. The minimum absolute atomic E-state index is 0.172. The van der Waals surface area contributed by atoms with Crippen molar-refractivity contribution in [1.82, 2.24) is 4.90 Å². The molecule has 4 nitrogen and oxygen atoms in total. The van der Waals surface area contributed by atoms with E-state index in [0.29, 0.717) is 12.5 Å². The van der Waals surface area contributed by atoms with Gasteiger partial charge in [0.2, 0.25) is 5.91 Å². The Labute approximate surface area is 121 Å². The first kappa shape index (κ1) is 14.7. The van der Waals surface area contributed by atoms with Crippen LogP contribution in [0.4, 0.5) is 11.4 Å². The van der Waals surface area contributed by atoms with Gasteiger partial charge >= 0.3 is 0 Å². The third kappa shape index (κ3) is 3.24. The molecular formula is C16H25N3O. The molecule has 0 saturated carbocycles. The molecule has 2 atom stereocenters. The minimum Gasteiger partial charge on any atom is -0.381 e. The second-order valence-corrected chi connectivity index (χ2v) is 5.51. The number of benzene rings is 1. The van der Waals surface area contributed by atoms with Crippen LogP contribution in [-0.4, -0.2) is 36.5 Å². The number of carbonyl (C=O) groups excluding carboxylic acids is 1. The van der Waals surface area contributed by atoms with E-state index in [1.54, 1.807) is 0 Å². The van der Waals surface area contributed by atoms with Gasteiger partial charge in [0.25, 0.3) is 0 Å². The predicted octanol–water partition coefficient (Wildman–Crippen LogP) is 2.79. The Bertz CT molecular complexity index is 461. The summed E-state index contributed by atoms with van der Waals surface area (Å²) in [5, 5.41) is 6.68. The van der Waals surface area contributed by atoms with Crippen molar-refractivity contribution in [3.05, 3.63) is 24.3 Å². The molecule has 110 valence electrons. The molecule has 20 heavy (non-hydrogen) atoms. The van der Waals surface area contributed by atoms with Gasteiger partial charge in [0.05, 0.1) is 11.4 Å². The van der Waals surface area contributed by atoms with Crippen LogP contribution in [0.1, 0.15) is 27.2 Å². The summed E-state index contributed by atoms with van der Waals surface area (Å²) in [4.78, 5) is 14.6. The van der Waals surface area contributed by atoms with E-state index in [9.17, 15) is 4.79 Å². The maximum absolute atomic E-state index is 12.6. The maximum atomic E-state index is 12.6. The number of anilines is 2. The Morgan fingerprint density at radius 2 is 2.05 bits per heavy atom. The lowest BCUT2D eigenvalue weighted by Crippen LogP contribution is -2.49. The first-order valence-corrected chi connectivity index (χ1v) is 7.53. The summed E-state index contributed by atoms with van der Waals surface area (Å²) in [6, 6.07) is 7.84. The lowest BCUT2D eigenvalue weighted by atomic mass is 10.1. The zero-order valence-electron chi connectivity index (χ0n) is 12.6. The van der Waals surface area contributed by atoms with Gasteiger partial charge in [0, 0.05) is 19.6 Å². The minimum atomic E-state index is -0.172. The molecule has 0 aliphatic carbocycles. The average Bonchev–Trinajstić information content (AvgIpc) is 2.51. The fourth-order valence-corrected chi connectivity index (χ4v) is 2.46. The van der Waals surface area contributed by atoms with Gasteiger partial charge in [0.15, 0.2) is 0 Å². The third-order valence-corrected chi connectivity index (χ3v) is 3.97. The standard InChI is InChI=1S/C16H25N3O/c1-4-12(3)11-19(5-2)16(20)15-10-17-13-8-6-7-9-14(13)18-15/h6-9,12,15,17-18H,4-5,10-11H2,1-3H3. The molecule has 0 aromatic heterocycles. The molecule has 2 rings (SSSR count). The molecule has 0 bridgehead atoms. The molecule has 1 heterocycles. The highest BCUT2D eigenvalue weighted by Gasteiger charge is 2.27. The number of likely N-dealkylation sites (N-methyl/N-ethyl adjacent to an activating group) is 1. The normalized spacial score (nSPS) is 18.4. The highest BCUT2D eigenvalue weighted by Crippen LogP contribution is 2.25. The molecule has 1 aliphatic rings. The van der Waals surface area contributed by atoms with E-state index in [1.165, 1.54) is 0 Å². The van der Waals surface area contributed by atoms with Gasteiger partial charge < -0.3 is 15.5 Å². The van der Waals surface area contributed by atoms with Crippen LogP contribution in [0.25, 0.3) is 0 Å². The third-order valence-electron chi connectivity index (χ3n) is 3.97. The van der Waals surface area contributed by atoms with Crippen molar-refractivity contribution < 1.29 is 4.79 Å². The van der Waals surface area contributed by atoms with Gasteiger partial charge in [-0.05, 0) is 25.0 Å². The number of nitrogens with one attached hydrogen (secondary N) is 2. The second-order valence-electron chi connectivity index (χ2n) is 5.51. The number of amides is 1. The van der Waals surface area contributed by atoms with Gasteiger partial charge in [-0.15, -0.1) is 0 Å². The van der Waals surface area contributed by atoms with Gasteiger partial charge in [-0.3, -0.25) is 4.79 Å². The van der Waals surface area contributed by atoms with Crippen LogP contribution in [0.2, 0.25) is 0 Å². The van der Waals surface area contributed by atoms with Crippen molar-refractivity contribution in [2.45, 2.75) is 33.2 Å². The molecule has 1 aliphatic heterocycles. The van der Waals surface area contributed by atoms with Crippen molar-refractivity contribution in [3.63, 3.8) is 0 Å². The Kier molecular flexibility index (Phi) is 4.88. The van der Waals surface area contributed by atoms with E-state index in [0.717, 1.165) is 30.9 Å². The number of carbonyl (C=O) groups is 1. The number of hydrogen-bond acceptors (Lipinski definition) is 3. The summed E-state index contributed by atoms with van der Waals surface area (Å²) < 4.78 is 0. The number of hydrogen-bond donors (Lipinski definition) is 2. The number of nitrogens with zero attached hydrogens (tertiary/aromatic N) is 1.